The monoisotopic (exact) mass is 488 g/mol. The van der Waals surface area contributed by atoms with Gasteiger partial charge in [0.25, 0.3) is 11.5 Å². The summed E-state index contributed by atoms with van der Waals surface area (Å²) < 4.78 is 7.26. The molecule has 7 nitrogen and oxygen atoms in total. The van der Waals surface area contributed by atoms with E-state index in [0.29, 0.717) is 27.7 Å². The maximum absolute atomic E-state index is 13.6. The number of ether oxygens (including phenoxy) is 1. The maximum Gasteiger partial charge on any atom is 0.299 e. The summed E-state index contributed by atoms with van der Waals surface area (Å²) in [6.45, 7) is 5.74. The largest absolute Gasteiger partial charge is 0.453 e. The third-order valence-electron chi connectivity index (χ3n) is 5.05. The highest BCUT2D eigenvalue weighted by Gasteiger charge is 2.17. The molecule has 0 aliphatic heterocycles. The van der Waals surface area contributed by atoms with E-state index in [-0.39, 0.29) is 23.4 Å². The molecule has 0 bridgehead atoms. The first-order chi connectivity index (χ1) is 16.8. The van der Waals surface area contributed by atoms with Crippen LogP contribution in [0.2, 0.25) is 5.02 Å². The first-order valence-corrected chi connectivity index (χ1v) is 11.5. The second kappa shape index (κ2) is 10.4. The molecule has 0 atom stereocenters. The summed E-state index contributed by atoms with van der Waals surface area (Å²) in [4.78, 5) is 26.1. The van der Waals surface area contributed by atoms with Crippen LogP contribution in [0.3, 0.4) is 0 Å². The molecule has 35 heavy (non-hydrogen) atoms. The van der Waals surface area contributed by atoms with Crippen LogP contribution in [0.4, 0.5) is 11.4 Å². The average Bonchev–Trinajstić information content (AvgIpc) is 2.82. The zero-order valence-electron chi connectivity index (χ0n) is 19.6. The Morgan fingerprint density at radius 2 is 1.80 bits per heavy atom. The van der Waals surface area contributed by atoms with Crippen molar-refractivity contribution in [3.8, 4) is 17.2 Å². The number of aryl methyl sites for hydroxylation is 1. The minimum Gasteiger partial charge on any atom is -0.453 e. The van der Waals surface area contributed by atoms with Crippen molar-refractivity contribution >= 4 is 28.9 Å². The van der Waals surface area contributed by atoms with Gasteiger partial charge < -0.3 is 15.4 Å². The van der Waals surface area contributed by atoms with E-state index >= 15 is 0 Å². The summed E-state index contributed by atoms with van der Waals surface area (Å²) in [6.07, 6.45) is 1.46. The van der Waals surface area contributed by atoms with Gasteiger partial charge in [-0.2, -0.15) is 9.78 Å². The van der Waals surface area contributed by atoms with Gasteiger partial charge >= 0.3 is 0 Å². The van der Waals surface area contributed by atoms with Gasteiger partial charge in [0.05, 0.1) is 16.9 Å². The molecule has 0 spiro atoms. The van der Waals surface area contributed by atoms with Crippen LogP contribution in [-0.2, 0) is 0 Å². The van der Waals surface area contributed by atoms with Crippen molar-refractivity contribution in [2.45, 2.75) is 26.8 Å². The van der Waals surface area contributed by atoms with Gasteiger partial charge in [-0.3, -0.25) is 9.59 Å². The van der Waals surface area contributed by atoms with E-state index in [1.54, 1.807) is 54.6 Å². The van der Waals surface area contributed by atoms with E-state index in [9.17, 15) is 9.59 Å². The van der Waals surface area contributed by atoms with Crippen LogP contribution in [0.5, 0.6) is 11.5 Å². The zero-order chi connectivity index (χ0) is 24.9. The Hall–Kier alpha value is -4.10. The Morgan fingerprint density at radius 1 is 1.03 bits per heavy atom. The molecule has 178 valence electrons. The fraction of sp³-hybridized carbons (Fsp3) is 0.148. The molecule has 3 aromatic carbocycles. The molecule has 2 N–H and O–H groups in total. The predicted molar refractivity (Wildman–Crippen MR) is 138 cm³/mol. The smallest absolute Gasteiger partial charge is 0.299 e. The number of hydrogen-bond donors (Lipinski definition) is 2. The van der Waals surface area contributed by atoms with Crippen molar-refractivity contribution < 1.29 is 9.53 Å². The lowest BCUT2D eigenvalue weighted by Gasteiger charge is -2.16. The second-order valence-electron chi connectivity index (χ2n) is 8.30. The summed E-state index contributed by atoms with van der Waals surface area (Å²) >= 11 is 6.33. The summed E-state index contributed by atoms with van der Waals surface area (Å²) in [7, 11) is 0. The fourth-order valence-corrected chi connectivity index (χ4v) is 3.68. The van der Waals surface area contributed by atoms with E-state index in [4.69, 9.17) is 16.3 Å². The number of benzene rings is 3. The molecule has 4 aromatic rings. The maximum atomic E-state index is 13.6. The van der Waals surface area contributed by atoms with Gasteiger partial charge in [-0.15, -0.1) is 0 Å². The molecule has 8 heteroatoms. The molecule has 1 heterocycles. The lowest BCUT2D eigenvalue weighted by molar-refractivity contribution is 0.0943. The summed E-state index contributed by atoms with van der Waals surface area (Å²) in [5.41, 5.74) is 2.16. The number of carbonyl (C=O) groups is 1. The quantitative estimate of drug-likeness (QED) is 0.340. The predicted octanol–water partition coefficient (Wildman–Crippen LogP) is 5.87. The van der Waals surface area contributed by atoms with Gasteiger partial charge in [-0.05, 0) is 68.8 Å². The molecular weight excluding hydrogens is 464 g/mol. The minimum atomic E-state index is -0.458. The van der Waals surface area contributed by atoms with Crippen LogP contribution in [0.15, 0.2) is 83.8 Å². The Kier molecular flexibility index (Phi) is 7.17. The third kappa shape index (κ3) is 5.70. The molecule has 0 aliphatic carbocycles. The van der Waals surface area contributed by atoms with Crippen LogP contribution >= 0.6 is 11.6 Å². The Bertz CT molecular complexity index is 1430. The molecular formula is C27H25ClN4O3. The van der Waals surface area contributed by atoms with E-state index in [0.717, 1.165) is 5.56 Å². The van der Waals surface area contributed by atoms with Gasteiger partial charge in [0.1, 0.15) is 5.75 Å². The lowest BCUT2D eigenvalue weighted by Crippen LogP contribution is -2.30. The van der Waals surface area contributed by atoms with Crippen molar-refractivity contribution in [3.05, 3.63) is 105 Å². The lowest BCUT2D eigenvalue weighted by atomic mass is 10.1. The van der Waals surface area contributed by atoms with E-state index < -0.39 is 5.56 Å². The van der Waals surface area contributed by atoms with Gasteiger partial charge in [0.15, 0.2) is 11.4 Å². The molecule has 0 unspecified atom stereocenters. The highest BCUT2D eigenvalue weighted by molar-refractivity contribution is 6.32. The number of carbonyl (C=O) groups excluding carboxylic acids is 1. The van der Waals surface area contributed by atoms with Gasteiger partial charge in [-0.25, -0.2) is 0 Å². The number of halogens is 1. The number of amides is 1. The number of rotatable bonds is 7. The standard InChI is InChI=1S/C27H25ClN4O3/c1-17(2)30-26(33)19-9-7-10-20(15-19)31-25-24(35-21-11-6-8-18(3)14-21)16-29-32(27(25)34)23-13-5-4-12-22(23)28/h4-17,31H,1-3H3,(H,30,33). The number of nitrogens with zero attached hydrogens (tertiary/aromatic N) is 2. The van der Waals surface area contributed by atoms with Crippen molar-refractivity contribution in [1.29, 1.82) is 0 Å². The van der Waals surface area contributed by atoms with E-state index in [2.05, 4.69) is 15.7 Å². The highest BCUT2D eigenvalue weighted by Crippen LogP contribution is 2.30. The van der Waals surface area contributed by atoms with Gasteiger partial charge in [0, 0.05) is 17.3 Å². The molecule has 1 aromatic heterocycles. The highest BCUT2D eigenvalue weighted by atomic mass is 35.5. The van der Waals surface area contributed by atoms with Gasteiger partial charge in [-0.1, -0.05) is 41.9 Å². The Balaban J connectivity index is 1.78. The minimum absolute atomic E-state index is 0.00327. The topological polar surface area (TPSA) is 85.2 Å². The number of hydrogen-bond acceptors (Lipinski definition) is 5. The number of aromatic nitrogens is 2. The molecule has 0 saturated carbocycles. The molecule has 0 fully saturated rings. The summed E-state index contributed by atoms with van der Waals surface area (Å²) in [6, 6.07) is 21.3. The number of nitrogens with one attached hydrogen (secondary N) is 2. The molecule has 1 amide bonds. The Labute approximate surface area is 208 Å². The van der Waals surface area contributed by atoms with E-state index in [1.165, 1.54) is 10.9 Å². The van der Waals surface area contributed by atoms with Crippen molar-refractivity contribution in [3.63, 3.8) is 0 Å². The number of para-hydroxylation sites is 1. The van der Waals surface area contributed by atoms with Crippen LogP contribution in [0, 0.1) is 6.92 Å². The first-order valence-electron chi connectivity index (χ1n) is 11.1. The SMILES string of the molecule is Cc1cccc(Oc2cnn(-c3ccccc3Cl)c(=O)c2Nc2cccc(C(=O)NC(C)C)c2)c1. The van der Waals surface area contributed by atoms with Crippen LogP contribution < -0.4 is 20.9 Å². The van der Waals surface area contributed by atoms with Crippen LogP contribution in [-0.4, -0.2) is 21.7 Å². The van der Waals surface area contributed by atoms with Crippen LogP contribution in [0.25, 0.3) is 5.69 Å². The number of anilines is 2. The summed E-state index contributed by atoms with van der Waals surface area (Å²) in [5, 5.41) is 10.7. The molecule has 0 aliphatic rings. The van der Waals surface area contributed by atoms with Crippen molar-refractivity contribution in [2.24, 2.45) is 0 Å². The fourth-order valence-electron chi connectivity index (χ4n) is 3.46. The average molecular weight is 489 g/mol. The van der Waals surface area contributed by atoms with Gasteiger partial charge in [0.2, 0.25) is 0 Å². The zero-order valence-corrected chi connectivity index (χ0v) is 20.3. The van der Waals surface area contributed by atoms with E-state index in [1.807, 2.05) is 39.0 Å². The third-order valence-corrected chi connectivity index (χ3v) is 5.37. The summed E-state index contributed by atoms with van der Waals surface area (Å²) in [5.74, 6) is 0.596. The first kappa shape index (κ1) is 24.0. The normalized spacial score (nSPS) is 10.8. The Morgan fingerprint density at radius 3 is 2.54 bits per heavy atom. The molecule has 4 rings (SSSR count). The second-order valence-corrected chi connectivity index (χ2v) is 8.71. The van der Waals surface area contributed by atoms with Crippen molar-refractivity contribution in [2.75, 3.05) is 5.32 Å². The molecule has 0 radical (unpaired) electrons. The van der Waals surface area contributed by atoms with Crippen LogP contribution in [0.1, 0.15) is 29.8 Å². The van der Waals surface area contributed by atoms with Crippen molar-refractivity contribution in [1.82, 2.24) is 15.1 Å². The molecule has 0 saturated heterocycles.